The molecular formula is C20H16N6O4. The first-order valence-corrected chi connectivity index (χ1v) is 8.66. The minimum atomic E-state index is -0.566. The van der Waals surface area contributed by atoms with E-state index >= 15 is 0 Å². The van der Waals surface area contributed by atoms with Crippen LogP contribution in [0.5, 0.6) is 0 Å². The fourth-order valence-electron chi connectivity index (χ4n) is 2.28. The highest BCUT2D eigenvalue weighted by Crippen LogP contribution is 2.04. The predicted molar refractivity (Wildman–Crippen MR) is 105 cm³/mol. The molecule has 3 aromatic rings. The maximum atomic E-state index is 12.1. The number of carbonyl (C=O) groups excluding carboxylic acids is 4. The van der Waals surface area contributed by atoms with Crippen LogP contribution in [-0.4, -0.2) is 33.6 Å². The van der Waals surface area contributed by atoms with Crippen LogP contribution in [0.4, 0.5) is 0 Å². The minimum Gasteiger partial charge on any atom is -0.267 e. The first-order chi connectivity index (χ1) is 14.5. The van der Waals surface area contributed by atoms with Gasteiger partial charge in [-0.3, -0.25) is 50.8 Å². The summed E-state index contributed by atoms with van der Waals surface area (Å²) >= 11 is 0. The third kappa shape index (κ3) is 5.23. The Hall–Kier alpha value is -4.60. The van der Waals surface area contributed by atoms with Crippen molar-refractivity contribution >= 4 is 23.6 Å². The summed E-state index contributed by atoms with van der Waals surface area (Å²) in [5.74, 6) is -2.17. The van der Waals surface area contributed by atoms with Crippen LogP contribution in [-0.2, 0) is 0 Å². The molecule has 2 aromatic heterocycles. The Morgan fingerprint density at radius 3 is 1.13 bits per heavy atom. The average Bonchev–Trinajstić information content (AvgIpc) is 2.81. The van der Waals surface area contributed by atoms with Crippen LogP contribution in [0.25, 0.3) is 0 Å². The third-order valence-electron chi connectivity index (χ3n) is 3.84. The second kappa shape index (κ2) is 9.55. The van der Waals surface area contributed by atoms with Crippen molar-refractivity contribution in [2.75, 3.05) is 0 Å². The Morgan fingerprint density at radius 1 is 0.500 bits per heavy atom. The number of hydrogen-bond donors (Lipinski definition) is 4. The van der Waals surface area contributed by atoms with Gasteiger partial charge in [0.25, 0.3) is 23.6 Å². The molecule has 10 nitrogen and oxygen atoms in total. The highest BCUT2D eigenvalue weighted by Gasteiger charge is 2.12. The summed E-state index contributed by atoms with van der Waals surface area (Å²) in [7, 11) is 0. The minimum absolute atomic E-state index is 0.220. The van der Waals surface area contributed by atoms with Gasteiger partial charge in [-0.2, -0.15) is 0 Å². The molecule has 30 heavy (non-hydrogen) atoms. The van der Waals surface area contributed by atoms with Crippen molar-refractivity contribution in [1.29, 1.82) is 0 Å². The molecule has 0 aliphatic heterocycles. The highest BCUT2D eigenvalue weighted by molar-refractivity contribution is 6.01. The average molecular weight is 404 g/mol. The molecule has 0 saturated heterocycles. The van der Waals surface area contributed by atoms with Crippen molar-refractivity contribution in [2.45, 2.75) is 0 Å². The van der Waals surface area contributed by atoms with Crippen LogP contribution in [0, 0.1) is 0 Å². The van der Waals surface area contributed by atoms with Crippen molar-refractivity contribution in [3.8, 4) is 0 Å². The van der Waals surface area contributed by atoms with Crippen molar-refractivity contribution in [3.63, 3.8) is 0 Å². The molecule has 0 saturated carbocycles. The molecule has 0 fully saturated rings. The van der Waals surface area contributed by atoms with Gasteiger partial charge in [0.2, 0.25) is 0 Å². The standard InChI is InChI=1S/C20H16N6O4/c27-17(23-25-19(29)15-3-1-9-21-11-15)13-5-7-14(8-6-13)18(28)24-26-20(30)16-4-2-10-22-12-16/h1-12H,(H,23,27)(H,24,28)(H,25,29)(H,26,30). The van der Waals surface area contributed by atoms with E-state index in [-0.39, 0.29) is 22.3 Å². The lowest BCUT2D eigenvalue weighted by Gasteiger charge is -2.09. The first-order valence-electron chi connectivity index (χ1n) is 8.66. The van der Waals surface area contributed by atoms with E-state index in [1.165, 1.54) is 49.1 Å². The summed E-state index contributed by atoms with van der Waals surface area (Å²) < 4.78 is 0. The second-order valence-electron chi connectivity index (χ2n) is 5.88. The van der Waals surface area contributed by atoms with Crippen molar-refractivity contribution in [3.05, 3.63) is 95.6 Å². The first kappa shape index (κ1) is 20.1. The van der Waals surface area contributed by atoms with E-state index in [0.29, 0.717) is 0 Å². The summed E-state index contributed by atoms with van der Waals surface area (Å²) in [6.45, 7) is 0. The van der Waals surface area contributed by atoms with E-state index in [9.17, 15) is 19.2 Å². The molecule has 3 rings (SSSR count). The molecule has 0 unspecified atom stereocenters. The predicted octanol–water partition coefficient (Wildman–Crippen LogP) is 0.626. The molecule has 0 aliphatic rings. The molecule has 2 heterocycles. The molecule has 150 valence electrons. The lowest BCUT2D eigenvalue weighted by atomic mass is 10.1. The molecule has 0 bridgehead atoms. The van der Waals surface area contributed by atoms with E-state index in [4.69, 9.17) is 0 Å². The van der Waals surface area contributed by atoms with E-state index < -0.39 is 23.6 Å². The normalized spacial score (nSPS) is 9.87. The second-order valence-corrected chi connectivity index (χ2v) is 5.88. The van der Waals surface area contributed by atoms with Crippen LogP contribution < -0.4 is 21.7 Å². The van der Waals surface area contributed by atoms with Crippen LogP contribution >= 0.6 is 0 Å². The van der Waals surface area contributed by atoms with E-state index in [0.717, 1.165) is 0 Å². The number of aromatic nitrogens is 2. The Labute approximate surface area is 170 Å². The summed E-state index contributed by atoms with van der Waals surface area (Å²) in [5.41, 5.74) is 10.1. The lowest BCUT2D eigenvalue weighted by Crippen LogP contribution is -2.42. The molecule has 1 aromatic carbocycles. The topological polar surface area (TPSA) is 142 Å². The summed E-state index contributed by atoms with van der Waals surface area (Å²) in [4.78, 5) is 55.7. The van der Waals surface area contributed by atoms with Gasteiger partial charge < -0.3 is 0 Å². The Morgan fingerprint density at radius 2 is 0.833 bits per heavy atom. The number of benzene rings is 1. The van der Waals surface area contributed by atoms with Gasteiger partial charge in [-0.1, -0.05) is 0 Å². The third-order valence-corrected chi connectivity index (χ3v) is 3.84. The molecular weight excluding hydrogens is 388 g/mol. The number of pyridine rings is 2. The van der Waals surface area contributed by atoms with E-state index in [2.05, 4.69) is 31.7 Å². The Balaban J connectivity index is 1.51. The maximum absolute atomic E-state index is 12.1. The lowest BCUT2D eigenvalue weighted by molar-refractivity contribution is 0.0844. The maximum Gasteiger partial charge on any atom is 0.271 e. The van der Waals surface area contributed by atoms with Gasteiger partial charge in [-0.05, 0) is 48.5 Å². The molecule has 0 atom stereocenters. The summed E-state index contributed by atoms with van der Waals surface area (Å²) in [6, 6.07) is 11.9. The van der Waals surface area contributed by atoms with Gasteiger partial charge in [0.15, 0.2) is 0 Å². The number of hydrogen-bond acceptors (Lipinski definition) is 6. The summed E-state index contributed by atoms with van der Waals surface area (Å²) in [5, 5.41) is 0. The fraction of sp³-hybridized carbons (Fsp3) is 0. The van der Waals surface area contributed by atoms with Gasteiger partial charge >= 0.3 is 0 Å². The number of nitrogens with one attached hydrogen (secondary N) is 4. The molecule has 0 spiro atoms. The van der Waals surface area contributed by atoms with Gasteiger partial charge in [-0.25, -0.2) is 0 Å². The Kier molecular flexibility index (Phi) is 6.41. The van der Waals surface area contributed by atoms with Gasteiger partial charge in [0, 0.05) is 35.9 Å². The van der Waals surface area contributed by atoms with Crippen molar-refractivity contribution < 1.29 is 19.2 Å². The van der Waals surface area contributed by atoms with Gasteiger partial charge in [-0.15, -0.1) is 0 Å². The fourth-order valence-corrected chi connectivity index (χ4v) is 2.28. The molecule has 4 amide bonds. The highest BCUT2D eigenvalue weighted by atomic mass is 16.2. The number of rotatable bonds is 4. The number of nitrogens with zero attached hydrogens (tertiary/aromatic N) is 2. The van der Waals surface area contributed by atoms with Crippen LogP contribution in [0.3, 0.4) is 0 Å². The summed E-state index contributed by atoms with van der Waals surface area (Å²) in [6.07, 6.45) is 5.78. The number of hydrazine groups is 2. The smallest absolute Gasteiger partial charge is 0.267 e. The van der Waals surface area contributed by atoms with Gasteiger partial charge in [0.05, 0.1) is 11.1 Å². The van der Waals surface area contributed by atoms with E-state index in [1.54, 1.807) is 24.3 Å². The van der Waals surface area contributed by atoms with Gasteiger partial charge in [0.1, 0.15) is 0 Å². The SMILES string of the molecule is O=C(NNC(=O)c1cccnc1)c1ccc(C(=O)NNC(=O)c2cccnc2)cc1. The largest absolute Gasteiger partial charge is 0.271 e. The quantitative estimate of drug-likeness (QED) is 0.470. The zero-order valence-electron chi connectivity index (χ0n) is 15.5. The monoisotopic (exact) mass is 404 g/mol. The van der Waals surface area contributed by atoms with Crippen LogP contribution in [0.1, 0.15) is 41.4 Å². The van der Waals surface area contributed by atoms with Crippen LogP contribution in [0.15, 0.2) is 73.3 Å². The molecule has 4 N–H and O–H groups in total. The zero-order chi connectivity index (χ0) is 21.3. The van der Waals surface area contributed by atoms with Crippen molar-refractivity contribution in [1.82, 2.24) is 31.7 Å². The van der Waals surface area contributed by atoms with Crippen LogP contribution in [0.2, 0.25) is 0 Å². The molecule has 10 heteroatoms. The van der Waals surface area contributed by atoms with E-state index in [1.807, 2.05) is 0 Å². The van der Waals surface area contributed by atoms with Crippen molar-refractivity contribution in [2.24, 2.45) is 0 Å². The number of carbonyl (C=O) groups is 4. The Bertz CT molecular complexity index is 969. The molecule has 0 radical (unpaired) electrons. The zero-order valence-corrected chi connectivity index (χ0v) is 15.5. The number of amides is 4. The molecule has 0 aliphatic carbocycles.